The first kappa shape index (κ1) is 73.6. The zero-order valence-electron chi connectivity index (χ0n) is 51.3. The Bertz CT molecular complexity index is 1270. The van der Waals surface area contributed by atoms with Crippen molar-refractivity contribution in [3.8, 4) is 0 Å². The minimum Gasteiger partial charge on any atom is -0.462 e. The van der Waals surface area contributed by atoms with Gasteiger partial charge < -0.3 is 14.2 Å². The fraction of sp³-hybridized carbons (Fsp3) is 0.871. The summed E-state index contributed by atoms with van der Waals surface area (Å²) in [5.74, 6) is -0.842. The highest BCUT2D eigenvalue weighted by Crippen LogP contribution is 2.18. The van der Waals surface area contributed by atoms with Crippen molar-refractivity contribution >= 4 is 17.9 Å². The van der Waals surface area contributed by atoms with Gasteiger partial charge in [0.1, 0.15) is 13.2 Å². The second kappa shape index (κ2) is 65.2. The van der Waals surface area contributed by atoms with E-state index in [1.165, 1.54) is 263 Å². The molecular weight excluding hydrogens is 937 g/mol. The van der Waals surface area contributed by atoms with Gasteiger partial charge >= 0.3 is 17.9 Å². The molecule has 0 aromatic carbocycles. The predicted molar refractivity (Wildman–Crippen MR) is 330 cm³/mol. The largest absolute Gasteiger partial charge is 0.462 e. The van der Waals surface area contributed by atoms with Crippen LogP contribution in [0.5, 0.6) is 0 Å². The number of allylic oxidation sites excluding steroid dienone is 6. The molecule has 0 aliphatic rings. The molecule has 0 bridgehead atoms. The van der Waals surface area contributed by atoms with Gasteiger partial charge in [-0.3, -0.25) is 14.4 Å². The molecule has 0 fully saturated rings. The molecule has 0 N–H and O–H groups in total. The van der Waals surface area contributed by atoms with Gasteiger partial charge in [0.05, 0.1) is 0 Å². The number of carbonyl (C=O) groups excluding carboxylic acids is 3. The first-order valence-corrected chi connectivity index (χ1v) is 34.0. The van der Waals surface area contributed by atoms with Gasteiger partial charge in [-0.15, -0.1) is 0 Å². The van der Waals surface area contributed by atoms with Crippen molar-refractivity contribution in [2.45, 2.75) is 380 Å². The molecule has 0 rings (SSSR count). The van der Waals surface area contributed by atoms with Gasteiger partial charge in [-0.05, 0) is 57.8 Å². The van der Waals surface area contributed by atoms with Crippen LogP contribution in [0, 0.1) is 0 Å². The van der Waals surface area contributed by atoms with Crippen LogP contribution in [0.15, 0.2) is 36.5 Å². The Morgan fingerprint density at radius 1 is 0.263 bits per heavy atom. The number of unbranched alkanes of at least 4 members (excludes halogenated alkanes) is 46. The molecule has 6 heteroatoms. The average molecular weight is 1070 g/mol. The Morgan fingerprint density at radius 2 is 0.474 bits per heavy atom. The summed E-state index contributed by atoms with van der Waals surface area (Å²) < 4.78 is 16.9. The minimum atomic E-state index is -0.765. The topological polar surface area (TPSA) is 78.9 Å². The molecule has 0 aromatic rings. The summed E-state index contributed by atoms with van der Waals surface area (Å²) in [5.41, 5.74) is 0. The molecular formula is C70H130O6. The maximum absolute atomic E-state index is 12.9. The molecule has 0 spiro atoms. The van der Waals surface area contributed by atoms with E-state index in [2.05, 4.69) is 57.2 Å². The van der Waals surface area contributed by atoms with Crippen LogP contribution in [-0.2, 0) is 28.6 Å². The molecule has 0 radical (unpaired) electrons. The van der Waals surface area contributed by atoms with Crippen LogP contribution in [0.25, 0.3) is 0 Å². The van der Waals surface area contributed by atoms with Crippen LogP contribution in [0.2, 0.25) is 0 Å². The second-order valence-electron chi connectivity index (χ2n) is 23.1. The van der Waals surface area contributed by atoms with Crippen LogP contribution < -0.4 is 0 Å². The first-order chi connectivity index (χ1) is 37.5. The predicted octanol–water partition coefficient (Wildman–Crippen LogP) is 23.2. The summed E-state index contributed by atoms with van der Waals surface area (Å²) >= 11 is 0. The van der Waals surface area contributed by atoms with E-state index in [9.17, 15) is 14.4 Å². The summed E-state index contributed by atoms with van der Waals surface area (Å²) in [4.78, 5) is 38.2. The van der Waals surface area contributed by atoms with Crippen molar-refractivity contribution in [1.29, 1.82) is 0 Å². The van der Waals surface area contributed by atoms with E-state index >= 15 is 0 Å². The van der Waals surface area contributed by atoms with E-state index in [0.717, 1.165) is 70.6 Å². The third kappa shape index (κ3) is 62.5. The number of carbonyl (C=O) groups is 3. The Hall–Kier alpha value is -2.37. The molecule has 0 aliphatic carbocycles. The molecule has 0 aliphatic heterocycles. The minimum absolute atomic E-state index is 0.0651. The van der Waals surface area contributed by atoms with Gasteiger partial charge in [-0.25, -0.2) is 0 Å². The lowest BCUT2D eigenvalue weighted by atomic mass is 10.0. The summed E-state index contributed by atoms with van der Waals surface area (Å²) in [6, 6.07) is 0. The van der Waals surface area contributed by atoms with Gasteiger partial charge in [-0.2, -0.15) is 0 Å². The van der Waals surface area contributed by atoms with E-state index < -0.39 is 6.10 Å². The van der Waals surface area contributed by atoms with Crippen LogP contribution in [0.1, 0.15) is 374 Å². The molecule has 0 aromatic heterocycles. The normalized spacial score (nSPS) is 12.2. The van der Waals surface area contributed by atoms with E-state index in [-0.39, 0.29) is 31.1 Å². The van der Waals surface area contributed by atoms with Crippen LogP contribution >= 0.6 is 0 Å². The zero-order valence-corrected chi connectivity index (χ0v) is 51.3. The van der Waals surface area contributed by atoms with Crippen molar-refractivity contribution in [1.82, 2.24) is 0 Å². The lowest BCUT2D eigenvalue weighted by Crippen LogP contribution is -2.30. The molecule has 6 nitrogen and oxygen atoms in total. The molecule has 0 saturated carbocycles. The lowest BCUT2D eigenvalue weighted by molar-refractivity contribution is -0.167. The molecule has 446 valence electrons. The third-order valence-electron chi connectivity index (χ3n) is 15.4. The Kier molecular flexibility index (Phi) is 63.1. The Morgan fingerprint density at radius 3 is 0.737 bits per heavy atom. The van der Waals surface area contributed by atoms with Gasteiger partial charge in [0.2, 0.25) is 0 Å². The van der Waals surface area contributed by atoms with Crippen molar-refractivity contribution in [3.05, 3.63) is 36.5 Å². The van der Waals surface area contributed by atoms with Gasteiger partial charge in [0.25, 0.3) is 0 Å². The van der Waals surface area contributed by atoms with E-state index in [4.69, 9.17) is 14.2 Å². The lowest BCUT2D eigenvalue weighted by Gasteiger charge is -2.18. The fourth-order valence-corrected chi connectivity index (χ4v) is 10.3. The smallest absolute Gasteiger partial charge is 0.306 e. The summed E-state index contributed by atoms with van der Waals surface area (Å²) in [6.45, 7) is 6.67. The highest BCUT2D eigenvalue weighted by Gasteiger charge is 2.19. The van der Waals surface area contributed by atoms with Crippen LogP contribution in [0.4, 0.5) is 0 Å². The monoisotopic (exact) mass is 1070 g/mol. The maximum Gasteiger partial charge on any atom is 0.306 e. The standard InChI is InChI=1S/C70H130O6/c1-4-7-10-13-16-19-21-23-25-27-28-29-30-31-32-33-34-35-36-37-38-39-40-41-42-43-45-46-48-51-54-57-60-63-69(72)75-66-67(65-74-68(71)62-59-56-53-50-18-15-12-9-6-3)76-70(73)64-61-58-55-52-49-47-44-26-24-22-20-17-14-11-8-5-2/h21,23,27-28,30-31,67H,4-20,22,24-26,29,32-66H2,1-3H3/b23-21-,28-27-,31-30-. The van der Waals surface area contributed by atoms with Crippen LogP contribution in [0.3, 0.4) is 0 Å². The van der Waals surface area contributed by atoms with Gasteiger partial charge in [-0.1, -0.05) is 333 Å². The van der Waals surface area contributed by atoms with Crippen molar-refractivity contribution < 1.29 is 28.6 Å². The molecule has 0 saturated heterocycles. The molecule has 1 unspecified atom stereocenters. The summed E-state index contributed by atoms with van der Waals surface area (Å²) in [5, 5.41) is 0. The fourth-order valence-electron chi connectivity index (χ4n) is 10.3. The van der Waals surface area contributed by atoms with Crippen molar-refractivity contribution in [2.24, 2.45) is 0 Å². The maximum atomic E-state index is 12.9. The van der Waals surface area contributed by atoms with E-state index in [1.807, 2.05) is 0 Å². The van der Waals surface area contributed by atoms with Gasteiger partial charge in [0, 0.05) is 19.3 Å². The van der Waals surface area contributed by atoms with Crippen molar-refractivity contribution in [3.63, 3.8) is 0 Å². The van der Waals surface area contributed by atoms with E-state index in [0.29, 0.717) is 19.3 Å². The van der Waals surface area contributed by atoms with Gasteiger partial charge in [0.15, 0.2) is 6.10 Å². The van der Waals surface area contributed by atoms with Crippen LogP contribution in [-0.4, -0.2) is 37.2 Å². The zero-order chi connectivity index (χ0) is 55.0. The highest BCUT2D eigenvalue weighted by atomic mass is 16.6. The average Bonchev–Trinajstić information content (AvgIpc) is 3.42. The number of hydrogen-bond acceptors (Lipinski definition) is 6. The number of rotatable bonds is 63. The first-order valence-electron chi connectivity index (χ1n) is 34.0. The number of esters is 3. The molecule has 1 atom stereocenters. The number of ether oxygens (including phenoxy) is 3. The summed E-state index contributed by atoms with van der Waals surface area (Å²) in [6.07, 6.45) is 80.4. The Balaban J connectivity index is 4.02. The molecule has 76 heavy (non-hydrogen) atoms. The molecule has 0 amide bonds. The SMILES string of the molecule is CCCCCCC/C=C\C/C=C\C/C=C\CCCCCCCCCCCCCCCCCCCCC(=O)OCC(COC(=O)CCCCCCCCCCC)OC(=O)CCCCCCCCCCCCCCCCCC. The summed E-state index contributed by atoms with van der Waals surface area (Å²) in [7, 11) is 0. The van der Waals surface area contributed by atoms with Crippen molar-refractivity contribution in [2.75, 3.05) is 13.2 Å². The quantitative estimate of drug-likeness (QED) is 0.0261. The third-order valence-corrected chi connectivity index (χ3v) is 15.4. The second-order valence-corrected chi connectivity index (χ2v) is 23.1. The van der Waals surface area contributed by atoms with E-state index in [1.54, 1.807) is 0 Å². The molecule has 0 heterocycles. The number of hydrogen-bond donors (Lipinski definition) is 0. The highest BCUT2D eigenvalue weighted by molar-refractivity contribution is 5.71. The Labute approximate surface area is 474 Å².